The van der Waals surface area contributed by atoms with E-state index in [4.69, 9.17) is 30.5 Å². The predicted octanol–water partition coefficient (Wildman–Crippen LogP) is 4.75. The highest BCUT2D eigenvalue weighted by Crippen LogP contribution is 2.40. The van der Waals surface area contributed by atoms with Gasteiger partial charge in [-0.2, -0.15) is 18.4 Å². The van der Waals surface area contributed by atoms with Crippen LogP contribution in [0, 0.1) is 11.3 Å². The first kappa shape index (κ1) is 32.0. The summed E-state index contributed by atoms with van der Waals surface area (Å²) < 4.78 is 62.5. The van der Waals surface area contributed by atoms with Crippen molar-refractivity contribution in [1.29, 1.82) is 5.26 Å². The number of hydrogen-bond acceptors (Lipinski definition) is 8. The molecule has 1 N–H and O–H groups in total. The number of aromatic nitrogens is 1. The Morgan fingerprint density at radius 2 is 1.66 bits per heavy atom. The Kier molecular flexibility index (Phi) is 9.56. The Morgan fingerprint density at radius 1 is 0.977 bits per heavy atom. The second kappa shape index (κ2) is 13.2. The number of nitrogens with one attached hydrogen (secondary N) is 1. The van der Waals surface area contributed by atoms with Crippen LogP contribution in [-0.4, -0.2) is 38.9 Å². The Bertz CT molecular complexity index is 1950. The molecule has 9 nitrogen and oxygen atoms in total. The van der Waals surface area contributed by atoms with Gasteiger partial charge in [-0.1, -0.05) is 11.6 Å². The van der Waals surface area contributed by atoms with Crippen LogP contribution in [0.3, 0.4) is 0 Å². The van der Waals surface area contributed by atoms with Crippen molar-refractivity contribution in [3.8, 4) is 34.8 Å². The molecule has 0 aliphatic rings. The van der Waals surface area contributed by atoms with Crippen LogP contribution in [0.5, 0.6) is 23.0 Å². The van der Waals surface area contributed by atoms with Crippen molar-refractivity contribution in [3.05, 3.63) is 90.3 Å². The minimum atomic E-state index is -4.70. The van der Waals surface area contributed by atoms with Gasteiger partial charge in [0.1, 0.15) is 16.5 Å². The number of nitriles is 1. The number of carbonyl (C=O) groups is 1. The van der Waals surface area contributed by atoms with Crippen molar-refractivity contribution in [3.63, 3.8) is 0 Å². The van der Waals surface area contributed by atoms with Gasteiger partial charge in [0.15, 0.2) is 17.1 Å². The van der Waals surface area contributed by atoms with Gasteiger partial charge in [0, 0.05) is 5.56 Å². The van der Waals surface area contributed by atoms with Crippen LogP contribution in [-0.2, 0) is 11.0 Å². The average Bonchev–Trinajstić information content (AvgIpc) is 3.32. The molecule has 0 unspecified atom stereocenters. The van der Waals surface area contributed by atoms with Crippen molar-refractivity contribution in [1.82, 2.24) is 4.57 Å². The molecule has 0 aliphatic heterocycles. The summed E-state index contributed by atoms with van der Waals surface area (Å²) in [6.07, 6.45) is -3.21. The van der Waals surface area contributed by atoms with Crippen LogP contribution in [0.2, 0.25) is 5.02 Å². The number of halogens is 4. The molecule has 0 saturated heterocycles. The fraction of sp³-hybridized carbons (Fsp3) is 0.167. The summed E-state index contributed by atoms with van der Waals surface area (Å²) >= 11 is 6.87. The number of thiazole rings is 1. The van der Waals surface area contributed by atoms with E-state index in [9.17, 15) is 28.0 Å². The number of rotatable bonds is 8. The molecule has 44 heavy (non-hydrogen) atoms. The highest BCUT2D eigenvalue weighted by molar-refractivity contribution is 7.07. The molecule has 0 spiro atoms. The first-order chi connectivity index (χ1) is 21.0. The third-order valence-corrected chi connectivity index (χ3v) is 7.69. The first-order valence-electron chi connectivity index (χ1n) is 12.5. The minimum absolute atomic E-state index is 0.0889. The van der Waals surface area contributed by atoms with Gasteiger partial charge in [0.05, 0.1) is 54.9 Å². The summed E-state index contributed by atoms with van der Waals surface area (Å²) in [6.45, 7) is 0. The van der Waals surface area contributed by atoms with Crippen LogP contribution in [0.1, 0.15) is 11.1 Å². The van der Waals surface area contributed by atoms with Gasteiger partial charge in [0.25, 0.3) is 11.5 Å². The van der Waals surface area contributed by atoms with E-state index >= 15 is 0 Å². The summed E-state index contributed by atoms with van der Waals surface area (Å²) in [4.78, 5) is 27.2. The van der Waals surface area contributed by atoms with Gasteiger partial charge < -0.3 is 24.3 Å². The van der Waals surface area contributed by atoms with Crippen LogP contribution in [0.25, 0.3) is 17.3 Å². The third-order valence-electron chi connectivity index (χ3n) is 6.27. The number of nitrogens with zero attached hydrogens (tertiary/aromatic N) is 2. The van der Waals surface area contributed by atoms with Gasteiger partial charge in [-0.3, -0.25) is 14.2 Å². The van der Waals surface area contributed by atoms with Crippen LogP contribution >= 0.6 is 22.9 Å². The smallest absolute Gasteiger partial charge is 0.416 e. The van der Waals surface area contributed by atoms with E-state index < -0.39 is 28.8 Å². The Balaban J connectivity index is 1.99. The second-order valence-electron chi connectivity index (χ2n) is 8.81. The van der Waals surface area contributed by atoms with E-state index in [1.54, 1.807) is 42.5 Å². The molecule has 0 radical (unpaired) electrons. The molecule has 0 bridgehead atoms. The van der Waals surface area contributed by atoms with E-state index in [1.807, 2.05) is 0 Å². The Labute approximate surface area is 257 Å². The van der Waals surface area contributed by atoms with E-state index in [0.29, 0.717) is 28.8 Å². The van der Waals surface area contributed by atoms with Crippen LogP contribution in [0.4, 0.5) is 18.9 Å². The number of alkyl halides is 3. The summed E-state index contributed by atoms with van der Waals surface area (Å²) in [5.74, 6) is 0.333. The second-order valence-corrected chi connectivity index (χ2v) is 10.2. The number of ether oxygens (including phenoxy) is 4. The normalized spacial score (nSPS) is 12.3. The van der Waals surface area contributed by atoms with E-state index in [0.717, 1.165) is 28.0 Å². The van der Waals surface area contributed by atoms with Crippen molar-refractivity contribution < 1.29 is 36.9 Å². The minimum Gasteiger partial charge on any atom is -0.497 e. The molecule has 3 aromatic carbocycles. The van der Waals surface area contributed by atoms with Gasteiger partial charge in [-0.25, -0.2) is 0 Å². The highest BCUT2D eigenvalue weighted by atomic mass is 35.5. The predicted molar refractivity (Wildman–Crippen MR) is 159 cm³/mol. The lowest BCUT2D eigenvalue weighted by Gasteiger charge is -2.13. The number of amides is 1. The molecule has 1 heterocycles. The zero-order valence-corrected chi connectivity index (χ0v) is 25.1. The fourth-order valence-electron chi connectivity index (χ4n) is 4.17. The summed E-state index contributed by atoms with van der Waals surface area (Å²) in [5, 5.41) is 12.2. The number of methoxy groups -OCH3 is 4. The maximum atomic E-state index is 13.9. The number of carbonyl (C=O) groups excluding carboxylic acids is 1. The topological polar surface area (TPSA) is 112 Å². The van der Waals surface area contributed by atoms with Crippen molar-refractivity contribution >= 4 is 46.2 Å². The maximum Gasteiger partial charge on any atom is 0.416 e. The third kappa shape index (κ3) is 6.36. The molecule has 0 fully saturated rings. The molecular formula is C30H23ClF3N3O6S. The van der Waals surface area contributed by atoms with Crippen molar-refractivity contribution in [2.24, 2.45) is 0 Å². The molecular weight excluding hydrogens is 623 g/mol. The lowest BCUT2D eigenvalue weighted by atomic mass is 10.1. The van der Waals surface area contributed by atoms with Gasteiger partial charge in [-0.05, 0) is 60.7 Å². The van der Waals surface area contributed by atoms with Crippen LogP contribution in [0.15, 0.2) is 59.4 Å². The number of hydrogen-bond donors (Lipinski definition) is 1. The SMILES string of the molecule is COc1ccc(-n2c(=O)/c(=C/c3ccc(OC)c(OC)c3OC)s/c2=C(/C#N)C(=O)Nc2cc(C(F)(F)F)ccc2Cl)cc1. The fourth-order valence-corrected chi connectivity index (χ4v) is 5.43. The Morgan fingerprint density at radius 3 is 2.23 bits per heavy atom. The standard InChI is InChI=1S/C30H23ClF3N3O6S/c1-40-19-9-7-18(8-10-19)37-28(39)24(13-16-5-12-23(41-2)26(43-4)25(16)42-3)44-29(37)20(15-35)27(38)36-22-14-17(30(32,33)34)6-11-21(22)31/h5-14H,1-4H3,(H,36,38)/b24-13-,29-20-. The molecule has 1 amide bonds. The summed E-state index contributed by atoms with van der Waals surface area (Å²) in [7, 11) is 5.75. The lowest BCUT2D eigenvalue weighted by Crippen LogP contribution is -2.32. The van der Waals surface area contributed by atoms with Gasteiger partial charge in [0.2, 0.25) is 5.75 Å². The maximum absolute atomic E-state index is 13.9. The molecule has 4 rings (SSSR count). The van der Waals surface area contributed by atoms with Crippen molar-refractivity contribution in [2.75, 3.05) is 33.8 Å². The molecule has 4 aromatic rings. The monoisotopic (exact) mass is 645 g/mol. The molecule has 0 saturated carbocycles. The van der Waals surface area contributed by atoms with Gasteiger partial charge >= 0.3 is 6.18 Å². The van der Waals surface area contributed by atoms with Gasteiger partial charge in [-0.15, -0.1) is 11.3 Å². The summed E-state index contributed by atoms with van der Waals surface area (Å²) in [5.41, 5.74) is -1.84. The first-order valence-corrected chi connectivity index (χ1v) is 13.7. The molecule has 14 heteroatoms. The Hall–Kier alpha value is -4.93. The zero-order valence-electron chi connectivity index (χ0n) is 23.5. The van der Waals surface area contributed by atoms with E-state index in [2.05, 4.69) is 5.32 Å². The molecule has 0 atom stereocenters. The van der Waals surface area contributed by atoms with Crippen molar-refractivity contribution in [2.45, 2.75) is 6.18 Å². The van der Waals surface area contributed by atoms with Crippen LogP contribution < -0.4 is 39.0 Å². The zero-order chi connectivity index (χ0) is 32.2. The number of benzene rings is 3. The average molecular weight is 646 g/mol. The summed E-state index contributed by atoms with van der Waals surface area (Å²) in [6, 6.07) is 13.7. The lowest BCUT2D eigenvalue weighted by molar-refractivity contribution is -0.137. The van der Waals surface area contributed by atoms with E-state index in [-0.39, 0.29) is 31.4 Å². The highest BCUT2D eigenvalue weighted by Gasteiger charge is 2.31. The quantitative estimate of drug-likeness (QED) is 0.295. The van der Waals surface area contributed by atoms with E-state index in [1.165, 1.54) is 34.5 Å². The molecule has 1 aromatic heterocycles. The molecule has 0 aliphatic carbocycles. The largest absolute Gasteiger partial charge is 0.497 e. The number of anilines is 1. The molecule has 228 valence electrons.